The van der Waals surface area contributed by atoms with Gasteiger partial charge in [-0.2, -0.15) is 13.7 Å². The Morgan fingerprint density at radius 3 is 2.67 bits per heavy atom. The number of nitriles is 1. The summed E-state index contributed by atoms with van der Waals surface area (Å²) >= 11 is 0. The lowest BCUT2D eigenvalue weighted by molar-refractivity contribution is 0.413. The third kappa shape index (κ3) is 3.22. The molecule has 1 rings (SSSR count). The molecular formula is C9H8FNO3S. The molecule has 0 aliphatic heterocycles. The van der Waals surface area contributed by atoms with E-state index < -0.39 is 16.0 Å². The first kappa shape index (κ1) is 11.5. The van der Waals surface area contributed by atoms with Gasteiger partial charge in [0.25, 0.3) is 0 Å². The van der Waals surface area contributed by atoms with Crippen molar-refractivity contribution in [1.29, 1.82) is 5.26 Å². The first-order valence-electron chi connectivity index (χ1n) is 3.95. The Balaban J connectivity index is 3.10. The molecule has 0 unspecified atom stereocenters. The van der Waals surface area contributed by atoms with Gasteiger partial charge in [-0.3, -0.25) is 0 Å². The van der Waals surface area contributed by atoms with Crippen LogP contribution >= 0.6 is 0 Å². The topological polar surface area (TPSA) is 67.2 Å². The molecule has 0 heterocycles. The molecule has 0 radical (unpaired) electrons. The molecule has 1 aromatic carbocycles. The zero-order chi connectivity index (χ0) is 11.5. The Morgan fingerprint density at radius 1 is 1.53 bits per heavy atom. The van der Waals surface area contributed by atoms with E-state index >= 15 is 0 Å². The smallest absolute Gasteiger partial charge is 0.306 e. The van der Waals surface area contributed by atoms with Gasteiger partial charge in [0.05, 0.1) is 12.7 Å². The van der Waals surface area contributed by atoms with Crippen molar-refractivity contribution < 1.29 is 17.0 Å². The van der Waals surface area contributed by atoms with Crippen LogP contribution in [0.2, 0.25) is 0 Å². The Bertz CT molecular complexity index is 505. The van der Waals surface area contributed by atoms with Crippen molar-refractivity contribution >= 4 is 10.2 Å². The van der Waals surface area contributed by atoms with Gasteiger partial charge in [0.15, 0.2) is 0 Å². The van der Waals surface area contributed by atoms with E-state index in [1.807, 2.05) is 6.07 Å². The van der Waals surface area contributed by atoms with Crippen LogP contribution < -0.4 is 4.74 Å². The summed E-state index contributed by atoms with van der Waals surface area (Å²) in [6.07, 6.45) is 0. The molecule has 0 saturated carbocycles. The van der Waals surface area contributed by atoms with Gasteiger partial charge < -0.3 is 4.74 Å². The Labute approximate surface area is 87.1 Å². The average molecular weight is 229 g/mol. The number of hydrogen-bond acceptors (Lipinski definition) is 4. The van der Waals surface area contributed by atoms with E-state index in [1.165, 1.54) is 25.3 Å². The zero-order valence-electron chi connectivity index (χ0n) is 7.90. The highest BCUT2D eigenvalue weighted by Crippen LogP contribution is 2.20. The minimum Gasteiger partial charge on any atom is -0.495 e. The van der Waals surface area contributed by atoms with Crippen LogP contribution in [0.1, 0.15) is 11.1 Å². The van der Waals surface area contributed by atoms with Crippen molar-refractivity contribution in [3.05, 3.63) is 29.3 Å². The van der Waals surface area contributed by atoms with Crippen molar-refractivity contribution in [2.45, 2.75) is 5.75 Å². The number of hydrogen-bond donors (Lipinski definition) is 0. The molecule has 0 bridgehead atoms. The van der Waals surface area contributed by atoms with Gasteiger partial charge in [0, 0.05) is 0 Å². The van der Waals surface area contributed by atoms with E-state index in [0.29, 0.717) is 5.75 Å². The SMILES string of the molecule is COc1ccc(CS(=O)(=O)F)cc1C#N. The van der Waals surface area contributed by atoms with Gasteiger partial charge in [-0.05, 0) is 17.7 Å². The molecular weight excluding hydrogens is 221 g/mol. The summed E-state index contributed by atoms with van der Waals surface area (Å²) < 4.78 is 38.0. The van der Waals surface area contributed by atoms with Crippen LogP contribution in [0.4, 0.5) is 3.89 Å². The first-order chi connectivity index (χ1) is 6.96. The second-order valence-corrected chi connectivity index (χ2v) is 4.20. The second-order valence-electron chi connectivity index (χ2n) is 2.83. The highest BCUT2D eigenvalue weighted by molar-refractivity contribution is 7.85. The van der Waals surface area contributed by atoms with E-state index in [4.69, 9.17) is 10.00 Å². The summed E-state index contributed by atoms with van der Waals surface area (Å²) in [5, 5.41) is 8.70. The predicted molar refractivity (Wildman–Crippen MR) is 51.4 cm³/mol. The van der Waals surface area contributed by atoms with E-state index in [2.05, 4.69) is 0 Å². The van der Waals surface area contributed by atoms with Crippen LogP contribution in [0.25, 0.3) is 0 Å². The van der Waals surface area contributed by atoms with Crippen LogP contribution in [0.5, 0.6) is 5.75 Å². The fourth-order valence-electron chi connectivity index (χ4n) is 1.13. The molecule has 0 aliphatic carbocycles. The molecule has 0 atom stereocenters. The second kappa shape index (κ2) is 4.28. The van der Waals surface area contributed by atoms with Crippen molar-refractivity contribution in [3.8, 4) is 11.8 Å². The number of halogens is 1. The maximum atomic E-state index is 12.4. The Kier molecular flexibility index (Phi) is 3.27. The fraction of sp³-hybridized carbons (Fsp3) is 0.222. The van der Waals surface area contributed by atoms with E-state index in [9.17, 15) is 12.3 Å². The molecule has 0 amide bonds. The number of methoxy groups -OCH3 is 1. The summed E-state index contributed by atoms with van der Waals surface area (Å²) in [7, 11) is -3.18. The van der Waals surface area contributed by atoms with Crippen molar-refractivity contribution in [1.82, 2.24) is 0 Å². The maximum absolute atomic E-state index is 12.4. The normalized spacial score (nSPS) is 10.7. The third-order valence-corrected chi connectivity index (χ3v) is 2.40. The van der Waals surface area contributed by atoms with Crippen molar-refractivity contribution in [2.24, 2.45) is 0 Å². The number of nitrogens with zero attached hydrogens (tertiary/aromatic N) is 1. The lowest BCUT2D eigenvalue weighted by atomic mass is 10.1. The molecule has 0 fully saturated rings. The molecule has 0 saturated heterocycles. The number of benzene rings is 1. The van der Waals surface area contributed by atoms with Gasteiger partial charge >= 0.3 is 10.2 Å². The van der Waals surface area contributed by atoms with Crippen LogP contribution in [-0.4, -0.2) is 15.5 Å². The predicted octanol–water partition coefficient (Wildman–Crippen LogP) is 1.37. The van der Waals surface area contributed by atoms with Gasteiger partial charge in [-0.25, -0.2) is 0 Å². The molecule has 1 aromatic rings. The van der Waals surface area contributed by atoms with Crippen LogP contribution in [0.3, 0.4) is 0 Å². The molecule has 80 valence electrons. The highest BCUT2D eigenvalue weighted by Gasteiger charge is 2.11. The third-order valence-electron chi connectivity index (χ3n) is 1.72. The zero-order valence-corrected chi connectivity index (χ0v) is 8.71. The monoisotopic (exact) mass is 229 g/mol. The average Bonchev–Trinajstić information content (AvgIpc) is 2.15. The fourth-order valence-corrected chi connectivity index (χ4v) is 1.71. The van der Waals surface area contributed by atoms with E-state index in [0.717, 1.165) is 0 Å². The van der Waals surface area contributed by atoms with Crippen molar-refractivity contribution in [3.63, 3.8) is 0 Å². The molecule has 15 heavy (non-hydrogen) atoms. The van der Waals surface area contributed by atoms with Crippen LogP contribution in [-0.2, 0) is 16.0 Å². The molecule has 0 aliphatic rings. The van der Waals surface area contributed by atoms with Gasteiger partial charge in [-0.15, -0.1) is 3.89 Å². The summed E-state index contributed by atoms with van der Waals surface area (Å²) in [5.41, 5.74) is 0.397. The Morgan fingerprint density at radius 2 is 2.20 bits per heavy atom. The lowest BCUT2D eigenvalue weighted by Crippen LogP contribution is -1.97. The molecule has 6 heteroatoms. The number of rotatable bonds is 3. The molecule has 4 nitrogen and oxygen atoms in total. The van der Waals surface area contributed by atoms with Crippen LogP contribution in [0, 0.1) is 11.3 Å². The Hall–Kier alpha value is -1.61. The standard InChI is InChI=1S/C9H8FNO3S/c1-14-9-3-2-7(4-8(9)5-11)6-15(10,12)13/h2-4H,6H2,1H3. The lowest BCUT2D eigenvalue weighted by Gasteiger charge is -2.03. The van der Waals surface area contributed by atoms with Gasteiger partial charge in [0.1, 0.15) is 17.6 Å². The van der Waals surface area contributed by atoms with Gasteiger partial charge in [0.2, 0.25) is 0 Å². The van der Waals surface area contributed by atoms with E-state index in [-0.39, 0.29) is 11.1 Å². The summed E-state index contributed by atoms with van der Waals surface area (Å²) in [6, 6.07) is 5.95. The number of ether oxygens (including phenoxy) is 1. The minimum absolute atomic E-state index is 0.179. The largest absolute Gasteiger partial charge is 0.495 e. The van der Waals surface area contributed by atoms with Crippen molar-refractivity contribution in [2.75, 3.05) is 7.11 Å². The molecule has 0 N–H and O–H groups in total. The quantitative estimate of drug-likeness (QED) is 0.734. The summed E-state index contributed by atoms with van der Waals surface area (Å²) in [6.45, 7) is 0. The minimum atomic E-state index is -4.57. The van der Waals surface area contributed by atoms with E-state index in [1.54, 1.807) is 0 Å². The summed E-state index contributed by atoms with van der Waals surface area (Å²) in [5.74, 6) is -0.399. The maximum Gasteiger partial charge on any atom is 0.306 e. The highest BCUT2D eigenvalue weighted by atomic mass is 32.3. The first-order valence-corrected chi connectivity index (χ1v) is 5.51. The van der Waals surface area contributed by atoms with Crippen LogP contribution in [0.15, 0.2) is 18.2 Å². The molecule has 0 aromatic heterocycles. The van der Waals surface area contributed by atoms with Gasteiger partial charge in [-0.1, -0.05) is 6.07 Å². The molecule has 0 spiro atoms. The summed E-state index contributed by atoms with van der Waals surface area (Å²) in [4.78, 5) is 0.